The smallest absolute Gasteiger partial charge is 0.857 e. The second kappa shape index (κ2) is 15.5. The fourth-order valence-electron chi connectivity index (χ4n) is 3.83. The molecule has 0 spiro atoms. The molecule has 0 bridgehead atoms. The van der Waals surface area contributed by atoms with Gasteiger partial charge in [-0.15, -0.1) is 20.4 Å². The van der Waals surface area contributed by atoms with E-state index in [0.717, 1.165) is 27.4 Å². The first kappa shape index (κ1) is 35.0. The van der Waals surface area contributed by atoms with Gasteiger partial charge in [-0.1, -0.05) is 55.6 Å². The number of nitrogens with zero attached hydrogens (tertiary/aromatic N) is 8. The molecule has 6 aromatic rings. The van der Waals surface area contributed by atoms with Crippen LogP contribution in [0.15, 0.2) is 69.6 Å². The molecule has 0 unspecified atom stereocenters. The van der Waals surface area contributed by atoms with Gasteiger partial charge in [-0.3, -0.25) is 9.59 Å². The second-order valence-electron chi connectivity index (χ2n) is 8.24. The van der Waals surface area contributed by atoms with Crippen molar-refractivity contribution in [1.29, 1.82) is 0 Å². The monoisotopic (exact) mass is 752 g/mol. The molecule has 2 amide bonds. The number of primary amides is 2. The molecule has 220 valence electrons. The minimum absolute atomic E-state index is 0. The van der Waals surface area contributed by atoms with Gasteiger partial charge in [0, 0.05) is 15.0 Å². The van der Waals surface area contributed by atoms with Crippen LogP contribution in [0, 0.1) is 0 Å². The van der Waals surface area contributed by atoms with Gasteiger partial charge in [0.1, 0.15) is 0 Å². The number of hydrogen-bond donors (Lipinski definition) is 2. The number of amides is 2. The summed E-state index contributed by atoms with van der Waals surface area (Å²) in [5, 5.41) is 33.6. The molecule has 4 N–H and O–H groups in total. The normalized spacial score (nSPS) is 10.2. The van der Waals surface area contributed by atoms with E-state index in [4.69, 9.17) is 32.9 Å². The molecule has 0 saturated heterocycles. The molecule has 0 atom stereocenters. The Hall–Kier alpha value is -3.51. The van der Waals surface area contributed by atoms with E-state index in [2.05, 4.69) is 62.5 Å². The van der Waals surface area contributed by atoms with Crippen LogP contribution >= 0.6 is 43.5 Å². The van der Waals surface area contributed by atoms with Crippen LogP contribution in [0.1, 0.15) is 21.0 Å². The fourth-order valence-corrected chi connectivity index (χ4v) is 4.75. The van der Waals surface area contributed by atoms with Gasteiger partial charge in [-0.25, -0.2) is 9.36 Å². The predicted molar refractivity (Wildman–Crippen MR) is 163 cm³/mol. The zero-order valence-corrected chi connectivity index (χ0v) is 29.2. The Labute approximate surface area is 293 Å². The standard InChI is InChI=1S/C13H10BrN5O2.C12H7BrClN5O.CH3O.Na/c1-21-10-6-9-11(12(15)20)18-19(13(9)17-16-10)8-4-2-3-7(14)5-8;13-6-2-1-3-7(4-6)19-12-8(5-9(14)16-17-12)10(18-19)11(15)20;1-2;/h2-6H,1H3,(H2,15,20);1-5H,(H2,15,20);1H3;/q;;-1;+1. The number of carbonyl (C=O) groups is 2. The summed E-state index contributed by atoms with van der Waals surface area (Å²) in [6.45, 7) is 0. The molecule has 4 heterocycles. The zero-order valence-electron chi connectivity index (χ0n) is 23.3. The van der Waals surface area contributed by atoms with Crippen molar-refractivity contribution in [2.24, 2.45) is 11.5 Å². The molecular formula is C26H20Br2ClN10NaO4. The SMILES string of the molecule is COc1cc2c(C(N)=O)nn(-c3cccc(Br)c3)c2nn1.C[O-].NC(=O)c1nn(-c2cccc(Br)c2)c2nnc(Cl)cc12.[Na+]. The summed E-state index contributed by atoms with van der Waals surface area (Å²) in [6, 6.07) is 17.9. The van der Waals surface area contributed by atoms with Crippen molar-refractivity contribution in [2.45, 2.75) is 0 Å². The first-order valence-corrected chi connectivity index (χ1v) is 13.9. The second-order valence-corrected chi connectivity index (χ2v) is 10.5. The van der Waals surface area contributed by atoms with E-state index < -0.39 is 11.8 Å². The van der Waals surface area contributed by atoms with Gasteiger partial charge in [0.15, 0.2) is 27.8 Å². The van der Waals surface area contributed by atoms with E-state index in [1.807, 2.05) is 48.5 Å². The van der Waals surface area contributed by atoms with E-state index >= 15 is 0 Å². The van der Waals surface area contributed by atoms with Crippen LogP contribution in [0.3, 0.4) is 0 Å². The van der Waals surface area contributed by atoms with E-state index in [9.17, 15) is 9.59 Å². The Morgan fingerprint density at radius 1 is 0.773 bits per heavy atom. The van der Waals surface area contributed by atoms with Gasteiger partial charge in [-0.2, -0.15) is 17.3 Å². The van der Waals surface area contributed by atoms with Crippen molar-refractivity contribution in [2.75, 3.05) is 14.2 Å². The first-order chi connectivity index (χ1) is 20.7. The topological polar surface area (TPSA) is 206 Å². The summed E-state index contributed by atoms with van der Waals surface area (Å²) < 4.78 is 9.80. The fraction of sp³-hybridized carbons (Fsp3) is 0.0769. The van der Waals surface area contributed by atoms with Crippen LogP contribution in [-0.4, -0.2) is 66.0 Å². The number of hydrogen-bond acceptors (Lipinski definition) is 10. The van der Waals surface area contributed by atoms with Crippen LogP contribution in [0.25, 0.3) is 33.4 Å². The number of carbonyl (C=O) groups excluding carboxylic acids is 2. The van der Waals surface area contributed by atoms with Crippen LogP contribution in [0.2, 0.25) is 5.15 Å². The molecule has 0 aliphatic heterocycles. The van der Waals surface area contributed by atoms with Gasteiger partial charge in [0.25, 0.3) is 11.8 Å². The molecule has 0 radical (unpaired) electrons. The van der Waals surface area contributed by atoms with Crippen molar-refractivity contribution in [3.63, 3.8) is 0 Å². The minimum Gasteiger partial charge on any atom is -0.857 e. The van der Waals surface area contributed by atoms with Gasteiger partial charge < -0.3 is 21.3 Å². The van der Waals surface area contributed by atoms with Crippen molar-refractivity contribution < 1.29 is 49.0 Å². The third-order valence-electron chi connectivity index (χ3n) is 5.59. The maximum absolute atomic E-state index is 11.6. The van der Waals surface area contributed by atoms with Crippen LogP contribution in [0.4, 0.5) is 0 Å². The summed E-state index contributed by atoms with van der Waals surface area (Å²) in [6.07, 6.45) is 0. The average molecular weight is 755 g/mol. The minimum atomic E-state index is -0.646. The number of halogens is 3. The molecule has 4 aromatic heterocycles. The van der Waals surface area contributed by atoms with Crippen molar-refractivity contribution >= 4 is 77.3 Å². The molecule has 0 aliphatic rings. The molecule has 14 nitrogen and oxygen atoms in total. The van der Waals surface area contributed by atoms with Crippen LogP contribution in [-0.2, 0) is 0 Å². The van der Waals surface area contributed by atoms with Crippen LogP contribution in [0.5, 0.6) is 5.88 Å². The maximum atomic E-state index is 11.6. The number of methoxy groups -OCH3 is 1. The summed E-state index contributed by atoms with van der Waals surface area (Å²) in [4.78, 5) is 23.1. The molecule has 0 fully saturated rings. The largest absolute Gasteiger partial charge is 1.00 e. The van der Waals surface area contributed by atoms with E-state index in [1.165, 1.54) is 22.5 Å². The predicted octanol–water partition coefficient (Wildman–Crippen LogP) is -0.00370. The maximum Gasteiger partial charge on any atom is 1.00 e. The third kappa shape index (κ3) is 7.58. The summed E-state index contributed by atoms with van der Waals surface area (Å²) in [5.74, 6) is -0.990. The first-order valence-electron chi connectivity index (χ1n) is 11.9. The van der Waals surface area contributed by atoms with Gasteiger partial charge >= 0.3 is 29.6 Å². The quantitative estimate of drug-likeness (QED) is 0.225. The zero-order chi connectivity index (χ0) is 31.3. The number of benzene rings is 2. The molecule has 44 heavy (non-hydrogen) atoms. The number of fused-ring (bicyclic) bond motifs is 2. The Bertz CT molecular complexity index is 1970. The Morgan fingerprint density at radius 3 is 1.66 bits per heavy atom. The molecule has 18 heteroatoms. The van der Waals surface area contributed by atoms with Crippen molar-refractivity contribution in [1.82, 2.24) is 40.0 Å². The number of nitrogens with two attached hydrogens (primary N) is 2. The average Bonchev–Trinajstić information content (AvgIpc) is 3.57. The molecule has 6 rings (SSSR count). The molecular weight excluding hydrogens is 735 g/mol. The van der Waals surface area contributed by atoms with Gasteiger partial charge in [-0.05, 0) is 42.5 Å². The molecule has 2 aromatic carbocycles. The van der Waals surface area contributed by atoms with Gasteiger partial charge in [0.05, 0.1) is 29.3 Å². The van der Waals surface area contributed by atoms with Gasteiger partial charge in [0.2, 0.25) is 5.88 Å². The van der Waals surface area contributed by atoms with Crippen molar-refractivity contribution in [3.05, 3.63) is 86.2 Å². The Kier molecular flexibility index (Phi) is 12.3. The van der Waals surface area contributed by atoms with E-state index in [-0.39, 0.29) is 46.1 Å². The Morgan fingerprint density at radius 2 is 1.23 bits per heavy atom. The molecule has 0 saturated carbocycles. The Balaban J connectivity index is 0.000000223. The van der Waals surface area contributed by atoms with E-state index in [0.29, 0.717) is 27.9 Å². The van der Waals surface area contributed by atoms with E-state index in [1.54, 1.807) is 6.07 Å². The molecule has 0 aliphatic carbocycles. The summed E-state index contributed by atoms with van der Waals surface area (Å²) >= 11 is 12.6. The summed E-state index contributed by atoms with van der Waals surface area (Å²) in [5.41, 5.74) is 13.3. The third-order valence-corrected chi connectivity index (χ3v) is 6.76. The summed E-state index contributed by atoms with van der Waals surface area (Å²) in [7, 11) is 2.22. The number of ether oxygens (including phenoxy) is 1. The van der Waals surface area contributed by atoms with Crippen LogP contribution < -0.4 is 50.9 Å². The number of rotatable bonds is 5. The van der Waals surface area contributed by atoms with Crippen molar-refractivity contribution in [3.8, 4) is 17.3 Å². The number of aromatic nitrogens is 8.